The Labute approximate surface area is 119 Å². The molecule has 1 aromatic rings. The van der Waals surface area contributed by atoms with Crippen LogP contribution in [0.4, 0.5) is 0 Å². The minimum Gasteiger partial charge on any atom is -0.302 e. The standard InChI is InChI=1S/C10H13N.C3H8.C2H6.V/c1-11-7-6-9-4-2-3-5-10(9)8-11;1-3-2;1-2;/h2-5H,6-8H2,1H3;3H2,1-2H3;1-2H3;. The van der Waals surface area contributed by atoms with Crippen LogP contribution in [0.15, 0.2) is 24.3 Å². The summed E-state index contributed by atoms with van der Waals surface area (Å²) in [4.78, 5) is 2.36. The van der Waals surface area contributed by atoms with Gasteiger partial charge in [0.1, 0.15) is 0 Å². The molecular formula is C15H27NV. The Kier molecular flexibility index (Phi) is 13.7. The Hall–Kier alpha value is -0.236. The molecule has 0 saturated carbocycles. The van der Waals surface area contributed by atoms with Gasteiger partial charge in [0.05, 0.1) is 0 Å². The Balaban J connectivity index is 0. The smallest absolute Gasteiger partial charge is 0.0233 e. The fourth-order valence-electron chi connectivity index (χ4n) is 1.64. The van der Waals surface area contributed by atoms with Gasteiger partial charge in [-0.1, -0.05) is 58.4 Å². The summed E-state index contributed by atoms with van der Waals surface area (Å²) in [5.41, 5.74) is 3.03. The fraction of sp³-hybridized carbons (Fsp3) is 0.600. The van der Waals surface area contributed by atoms with E-state index in [9.17, 15) is 0 Å². The molecule has 97 valence electrons. The van der Waals surface area contributed by atoms with Gasteiger partial charge in [0.15, 0.2) is 0 Å². The molecule has 1 radical (unpaired) electrons. The molecule has 1 aromatic carbocycles. The molecule has 1 aliphatic rings. The summed E-state index contributed by atoms with van der Waals surface area (Å²) in [6.45, 7) is 10.6. The van der Waals surface area contributed by atoms with Crippen molar-refractivity contribution in [1.29, 1.82) is 0 Å². The van der Waals surface area contributed by atoms with Crippen molar-refractivity contribution in [1.82, 2.24) is 4.90 Å². The summed E-state index contributed by atoms with van der Waals surface area (Å²) < 4.78 is 0. The molecular weight excluding hydrogens is 245 g/mol. The van der Waals surface area contributed by atoms with E-state index < -0.39 is 0 Å². The number of rotatable bonds is 0. The fourth-order valence-corrected chi connectivity index (χ4v) is 1.64. The van der Waals surface area contributed by atoms with E-state index in [2.05, 4.69) is 50.1 Å². The molecule has 0 spiro atoms. The van der Waals surface area contributed by atoms with E-state index in [4.69, 9.17) is 0 Å². The van der Waals surface area contributed by atoms with Crippen LogP contribution in [0.2, 0.25) is 0 Å². The summed E-state index contributed by atoms with van der Waals surface area (Å²) >= 11 is 0. The SMILES string of the molecule is CC.CCC.CN1CCc2ccccc2C1.[V]. The zero-order valence-electron chi connectivity index (χ0n) is 12.0. The number of hydrogen-bond donors (Lipinski definition) is 0. The summed E-state index contributed by atoms with van der Waals surface area (Å²) in [6, 6.07) is 8.72. The van der Waals surface area contributed by atoms with E-state index in [1.54, 1.807) is 0 Å². The summed E-state index contributed by atoms with van der Waals surface area (Å²) in [5.74, 6) is 0. The Morgan fingerprint density at radius 2 is 1.53 bits per heavy atom. The first-order chi connectivity index (χ1) is 7.77. The zero-order chi connectivity index (χ0) is 12.4. The van der Waals surface area contributed by atoms with Crippen LogP contribution in [-0.4, -0.2) is 18.5 Å². The van der Waals surface area contributed by atoms with Crippen LogP contribution >= 0.6 is 0 Å². The van der Waals surface area contributed by atoms with Crippen LogP contribution in [0.5, 0.6) is 0 Å². The van der Waals surface area contributed by atoms with Gasteiger partial charge in [-0.25, -0.2) is 0 Å². The number of fused-ring (bicyclic) bond motifs is 1. The normalized spacial score (nSPS) is 13.0. The summed E-state index contributed by atoms with van der Waals surface area (Å²) in [5, 5.41) is 0. The number of likely N-dealkylation sites (N-methyl/N-ethyl adjacent to an activating group) is 1. The Morgan fingerprint density at radius 3 is 2.06 bits per heavy atom. The van der Waals surface area contributed by atoms with Crippen LogP contribution in [0.3, 0.4) is 0 Å². The first-order valence-corrected chi connectivity index (χ1v) is 6.53. The maximum atomic E-state index is 2.36. The van der Waals surface area contributed by atoms with Crippen molar-refractivity contribution < 1.29 is 18.6 Å². The van der Waals surface area contributed by atoms with Crippen LogP contribution in [0.25, 0.3) is 0 Å². The van der Waals surface area contributed by atoms with Crippen LogP contribution in [-0.2, 0) is 31.5 Å². The second kappa shape index (κ2) is 12.2. The van der Waals surface area contributed by atoms with E-state index in [1.807, 2.05) is 13.8 Å². The average Bonchev–Trinajstić information content (AvgIpc) is 2.32. The van der Waals surface area contributed by atoms with Gasteiger partial charge in [-0.05, 0) is 24.6 Å². The van der Waals surface area contributed by atoms with Crippen LogP contribution in [0.1, 0.15) is 45.2 Å². The van der Waals surface area contributed by atoms with Gasteiger partial charge < -0.3 is 4.90 Å². The van der Waals surface area contributed by atoms with Crippen molar-refractivity contribution in [3.05, 3.63) is 35.4 Å². The summed E-state index contributed by atoms with van der Waals surface area (Å²) in [7, 11) is 2.18. The molecule has 0 bridgehead atoms. The van der Waals surface area contributed by atoms with Gasteiger partial charge in [-0.15, -0.1) is 0 Å². The zero-order valence-corrected chi connectivity index (χ0v) is 13.4. The average molecular weight is 272 g/mol. The topological polar surface area (TPSA) is 3.24 Å². The largest absolute Gasteiger partial charge is 0.302 e. The maximum absolute atomic E-state index is 2.36. The van der Waals surface area contributed by atoms with Crippen LogP contribution < -0.4 is 0 Å². The van der Waals surface area contributed by atoms with Gasteiger partial charge in [0.25, 0.3) is 0 Å². The Bertz CT molecular complexity index is 273. The molecule has 0 N–H and O–H groups in total. The van der Waals surface area contributed by atoms with E-state index >= 15 is 0 Å². The third-order valence-corrected chi connectivity index (χ3v) is 2.32. The third kappa shape index (κ3) is 7.65. The predicted octanol–water partition coefficient (Wildman–Crippen LogP) is 4.11. The second-order valence-electron chi connectivity index (χ2n) is 3.96. The Morgan fingerprint density at radius 1 is 1.06 bits per heavy atom. The molecule has 0 atom stereocenters. The molecule has 0 fully saturated rings. The van der Waals surface area contributed by atoms with Crippen molar-refractivity contribution in [2.24, 2.45) is 0 Å². The molecule has 1 heterocycles. The van der Waals surface area contributed by atoms with Gasteiger partial charge in [0, 0.05) is 31.6 Å². The predicted molar refractivity (Wildman–Crippen MR) is 73.8 cm³/mol. The number of benzene rings is 1. The van der Waals surface area contributed by atoms with Gasteiger partial charge >= 0.3 is 0 Å². The van der Waals surface area contributed by atoms with Gasteiger partial charge in [0.2, 0.25) is 0 Å². The van der Waals surface area contributed by atoms with Crippen molar-refractivity contribution in [3.8, 4) is 0 Å². The number of nitrogens with zero attached hydrogens (tertiary/aromatic N) is 1. The van der Waals surface area contributed by atoms with Crippen molar-refractivity contribution in [3.63, 3.8) is 0 Å². The van der Waals surface area contributed by atoms with Gasteiger partial charge in [-0.3, -0.25) is 0 Å². The molecule has 2 rings (SSSR count). The molecule has 17 heavy (non-hydrogen) atoms. The molecule has 0 amide bonds. The minimum absolute atomic E-state index is 0. The molecule has 0 saturated heterocycles. The minimum atomic E-state index is 0. The van der Waals surface area contributed by atoms with E-state index in [0.29, 0.717) is 0 Å². The van der Waals surface area contributed by atoms with Crippen LogP contribution in [0, 0.1) is 0 Å². The third-order valence-electron chi connectivity index (χ3n) is 2.32. The van der Waals surface area contributed by atoms with E-state index in [1.165, 1.54) is 30.5 Å². The monoisotopic (exact) mass is 272 g/mol. The summed E-state index contributed by atoms with van der Waals surface area (Å²) in [6.07, 6.45) is 2.46. The molecule has 0 aromatic heterocycles. The molecule has 0 aliphatic carbocycles. The quantitative estimate of drug-likeness (QED) is 0.687. The molecule has 0 unspecified atom stereocenters. The van der Waals surface area contributed by atoms with E-state index in [0.717, 1.165) is 6.54 Å². The van der Waals surface area contributed by atoms with Gasteiger partial charge in [-0.2, -0.15) is 0 Å². The van der Waals surface area contributed by atoms with Crippen molar-refractivity contribution in [2.75, 3.05) is 13.6 Å². The van der Waals surface area contributed by atoms with E-state index in [-0.39, 0.29) is 18.6 Å². The second-order valence-corrected chi connectivity index (χ2v) is 3.96. The first kappa shape index (κ1) is 19.1. The first-order valence-electron chi connectivity index (χ1n) is 6.53. The van der Waals surface area contributed by atoms with Crippen molar-refractivity contribution in [2.45, 2.75) is 47.1 Å². The number of hydrogen-bond acceptors (Lipinski definition) is 1. The van der Waals surface area contributed by atoms with Crippen molar-refractivity contribution >= 4 is 0 Å². The maximum Gasteiger partial charge on any atom is 0.0233 e. The molecule has 1 nitrogen and oxygen atoms in total. The molecule has 1 aliphatic heterocycles. The molecule has 2 heteroatoms.